The van der Waals surface area contributed by atoms with Gasteiger partial charge in [-0.25, -0.2) is 0 Å². The second-order valence-electron chi connectivity index (χ2n) is 4.26. The van der Waals surface area contributed by atoms with Crippen LogP contribution >= 0.6 is 15.9 Å². The average molecular weight is 301 g/mol. The lowest BCUT2D eigenvalue weighted by Gasteiger charge is -2.20. The van der Waals surface area contributed by atoms with E-state index in [4.69, 9.17) is 10.5 Å². The Morgan fingerprint density at radius 1 is 1.47 bits per heavy atom. The molecule has 0 aliphatic rings. The predicted molar refractivity (Wildman–Crippen MR) is 76.5 cm³/mol. The van der Waals surface area contributed by atoms with E-state index in [-0.39, 0.29) is 6.04 Å². The monoisotopic (exact) mass is 300 g/mol. The van der Waals surface area contributed by atoms with Crippen LogP contribution in [0.3, 0.4) is 0 Å². The summed E-state index contributed by atoms with van der Waals surface area (Å²) in [5.74, 6) is 0. The fraction of sp³-hybridized carbons (Fsp3) is 0.538. The van der Waals surface area contributed by atoms with E-state index in [1.54, 1.807) is 7.11 Å². The molecule has 0 amide bonds. The van der Waals surface area contributed by atoms with Crippen LogP contribution in [0.4, 0.5) is 5.69 Å². The number of nitrogens with zero attached hydrogens (tertiary/aromatic N) is 1. The summed E-state index contributed by atoms with van der Waals surface area (Å²) >= 11 is 3.57. The van der Waals surface area contributed by atoms with Crippen molar-refractivity contribution in [3.8, 4) is 0 Å². The van der Waals surface area contributed by atoms with Crippen LogP contribution in [0.15, 0.2) is 22.7 Å². The maximum absolute atomic E-state index is 5.88. The summed E-state index contributed by atoms with van der Waals surface area (Å²) in [4.78, 5) is 2.22. The Bertz CT molecular complexity index is 355. The van der Waals surface area contributed by atoms with Crippen molar-refractivity contribution in [2.45, 2.75) is 19.4 Å². The summed E-state index contributed by atoms with van der Waals surface area (Å²) in [5, 5.41) is 0. The van der Waals surface area contributed by atoms with Crippen LogP contribution in [0.1, 0.15) is 24.9 Å². The first-order valence-electron chi connectivity index (χ1n) is 5.81. The minimum absolute atomic E-state index is 0.0530. The molecule has 0 radical (unpaired) electrons. The molecule has 3 nitrogen and oxygen atoms in total. The van der Waals surface area contributed by atoms with E-state index in [1.807, 2.05) is 6.92 Å². The highest BCUT2D eigenvalue weighted by Crippen LogP contribution is 2.26. The standard InChI is InChI=1S/C13H21BrN2O/c1-10(15)12-6-5-11(9-13(12)14)16(2)7-4-8-17-3/h5-6,9-10H,4,7-8,15H2,1-3H3/t10-/m1/s1. The van der Waals surface area contributed by atoms with Crippen molar-refractivity contribution >= 4 is 21.6 Å². The van der Waals surface area contributed by atoms with Gasteiger partial charge < -0.3 is 15.4 Å². The molecule has 96 valence electrons. The molecule has 4 heteroatoms. The van der Waals surface area contributed by atoms with Gasteiger partial charge >= 0.3 is 0 Å². The molecule has 17 heavy (non-hydrogen) atoms. The molecule has 0 aliphatic heterocycles. The molecular weight excluding hydrogens is 280 g/mol. The Morgan fingerprint density at radius 3 is 2.71 bits per heavy atom. The van der Waals surface area contributed by atoms with Crippen molar-refractivity contribution in [3.63, 3.8) is 0 Å². The zero-order valence-electron chi connectivity index (χ0n) is 10.7. The van der Waals surface area contributed by atoms with Gasteiger partial charge in [-0.1, -0.05) is 22.0 Å². The number of hydrogen-bond acceptors (Lipinski definition) is 3. The molecule has 0 saturated carbocycles. The van der Waals surface area contributed by atoms with Gasteiger partial charge in [0.1, 0.15) is 0 Å². The predicted octanol–water partition coefficient (Wildman–Crippen LogP) is 2.94. The maximum Gasteiger partial charge on any atom is 0.0479 e. The fourth-order valence-corrected chi connectivity index (χ4v) is 2.43. The number of methoxy groups -OCH3 is 1. The summed E-state index contributed by atoms with van der Waals surface area (Å²) in [7, 11) is 3.82. The number of halogens is 1. The number of nitrogens with two attached hydrogens (primary N) is 1. The van der Waals surface area contributed by atoms with Gasteiger partial charge in [0.15, 0.2) is 0 Å². The fourth-order valence-electron chi connectivity index (χ4n) is 1.70. The molecule has 0 spiro atoms. The van der Waals surface area contributed by atoms with Crippen LogP contribution in [0.5, 0.6) is 0 Å². The Kier molecular flexibility index (Phi) is 5.95. The van der Waals surface area contributed by atoms with Gasteiger partial charge in [-0.2, -0.15) is 0 Å². The zero-order valence-corrected chi connectivity index (χ0v) is 12.3. The quantitative estimate of drug-likeness (QED) is 0.821. The van der Waals surface area contributed by atoms with Crippen LogP contribution in [-0.4, -0.2) is 27.3 Å². The van der Waals surface area contributed by atoms with Gasteiger partial charge in [-0.05, 0) is 31.0 Å². The third kappa shape index (κ3) is 4.30. The second kappa shape index (κ2) is 6.99. The minimum atomic E-state index is 0.0530. The van der Waals surface area contributed by atoms with E-state index in [0.717, 1.165) is 29.6 Å². The SMILES string of the molecule is COCCCN(C)c1ccc([C@@H](C)N)c(Br)c1. The van der Waals surface area contributed by atoms with Crippen molar-refractivity contribution in [3.05, 3.63) is 28.2 Å². The highest BCUT2D eigenvalue weighted by molar-refractivity contribution is 9.10. The van der Waals surface area contributed by atoms with Gasteiger partial charge in [0.05, 0.1) is 0 Å². The lowest BCUT2D eigenvalue weighted by molar-refractivity contribution is 0.196. The molecule has 1 aromatic rings. The van der Waals surface area contributed by atoms with E-state index in [0.29, 0.717) is 0 Å². The molecule has 0 aromatic heterocycles. The number of benzene rings is 1. The molecule has 1 atom stereocenters. The van der Waals surface area contributed by atoms with E-state index in [2.05, 4.69) is 46.1 Å². The van der Waals surface area contributed by atoms with Gasteiger partial charge in [0.2, 0.25) is 0 Å². The van der Waals surface area contributed by atoms with Crippen LogP contribution in [-0.2, 0) is 4.74 Å². The Balaban J connectivity index is 2.69. The van der Waals surface area contributed by atoms with Gasteiger partial charge in [0.25, 0.3) is 0 Å². The topological polar surface area (TPSA) is 38.5 Å². The third-order valence-corrected chi connectivity index (χ3v) is 3.44. The molecule has 2 N–H and O–H groups in total. The van der Waals surface area contributed by atoms with Gasteiger partial charge in [0, 0.05) is 43.5 Å². The average Bonchev–Trinajstić information content (AvgIpc) is 2.28. The largest absolute Gasteiger partial charge is 0.385 e. The van der Waals surface area contributed by atoms with Crippen molar-refractivity contribution in [1.29, 1.82) is 0 Å². The molecule has 1 rings (SSSR count). The van der Waals surface area contributed by atoms with Gasteiger partial charge in [-0.15, -0.1) is 0 Å². The van der Waals surface area contributed by atoms with Crippen molar-refractivity contribution in [1.82, 2.24) is 0 Å². The summed E-state index contributed by atoms with van der Waals surface area (Å²) in [6.07, 6.45) is 1.03. The maximum atomic E-state index is 5.88. The lowest BCUT2D eigenvalue weighted by atomic mass is 10.1. The van der Waals surface area contributed by atoms with Crippen LogP contribution in [0, 0.1) is 0 Å². The zero-order chi connectivity index (χ0) is 12.8. The first-order valence-corrected chi connectivity index (χ1v) is 6.60. The summed E-state index contributed by atoms with van der Waals surface area (Å²) < 4.78 is 6.12. The van der Waals surface area contributed by atoms with E-state index in [1.165, 1.54) is 5.69 Å². The van der Waals surface area contributed by atoms with Crippen molar-refractivity contribution in [2.75, 3.05) is 32.2 Å². The highest BCUT2D eigenvalue weighted by atomic mass is 79.9. The Morgan fingerprint density at radius 2 is 2.18 bits per heavy atom. The summed E-state index contributed by atoms with van der Waals surface area (Å²) in [5.41, 5.74) is 8.21. The number of anilines is 1. The third-order valence-electron chi connectivity index (χ3n) is 2.76. The second-order valence-corrected chi connectivity index (χ2v) is 5.12. The Hall–Kier alpha value is -0.580. The molecule has 0 fully saturated rings. The van der Waals surface area contributed by atoms with E-state index >= 15 is 0 Å². The van der Waals surface area contributed by atoms with Crippen LogP contribution in [0.25, 0.3) is 0 Å². The molecular formula is C13H21BrN2O. The highest BCUT2D eigenvalue weighted by Gasteiger charge is 2.07. The molecule has 0 saturated heterocycles. The Labute approximate surface area is 112 Å². The first-order chi connectivity index (χ1) is 8.06. The van der Waals surface area contributed by atoms with E-state index in [9.17, 15) is 0 Å². The summed E-state index contributed by atoms with van der Waals surface area (Å²) in [6.45, 7) is 3.77. The molecule has 1 aromatic carbocycles. The number of ether oxygens (including phenoxy) is 1. The molecule has 0 aliphatic carbocycles. The summed E-state index contributed by atoms with van der Waals surface area (Å²) in [6, 6.07) is 6.36. The minimum Gasteiger partial charge on any atom is -0.385 e. The number of rotatable bonds is 6. The smallest absolute Gasteiger partial charge is 0.0479 e. The van der Waals surface area contributed by atoms with Crippen LogP contribution < -0.4 is 10.6 Å². The van der Waals surface area contributed by atoms with Crippen molar-refractivity contribution < 1.29 is 4.74 Å². The molecule has 0 bridgehead atoms. The first kappa shape index (κ1) is 14.5. The van der Waals surface area contributed by atoms with Gasteiger partial charge in [-0.3, -0.25) is 0 Å². The molecule has 0 heterocycles. The molecule has 0 unspecified atom stereocenters. The lowest BCUT2D eigenvalue weighted by Crippen LogP contribution is -2.20. The van der Waals surface area contributed by atoms with E-state index < -0.39 is 0 Å². The van der Waals surface area contributed by atoms with Crippen LogP contribution in [0.2, 0.25) is 0 Å². The van der Waals surface area contributed by atoms with Crippen molar-refractivity contribution in [2.24, 2.45) is 5.73 Å². The normalized spacial score (nSPS) is 12.5. The number of hydrogen-bond donors (Lipinski definition) is 1.